The third-order valence-electron chi connectivity index (χ3n) is 14.5. The molecule has 11 aromatic heterocycles. The Labute approximate surface area is 893 Å². The summed E-state index contributed by atoms with van der Waals surface area (Å²) in [7, 11) is 12.3. The van der Waals surface area contributed by atoms with Crippen molar-refractivity contribution in [3.63, 3.8) is 0 Å². The molecular formula is C95H163N27O8S12+2. The van der Waals surface area contributed by atoms with E-state index < -0.39 is 14.6 Å². The average Bonchev–Trinajstić information content (AvgIpc) is 1.61. The number of aromatic amines is 3. The number of amides is 1. The summed E-state index contributed by atoms with van der Waals surface area (Å²) in [4.78, 5) is 71.2. The topological polar surface area (TPSA) is 445 Å². The lowest BCUT2D eigenvalue weighted by Crippen LogP contribution is -2.31. The van der Waals surface area contributed by atoms with E-state index in [2.05, 4.69) is 358 Å². The minimum Gasteiger partial charge on any atom is -0.410 e. The Morgan fingerprint density at radius 3 is 1.47 bits per heavy atom. The molecule has 7 N–H and O–H groups in total. The van der Waals surface area contributed by atoms with Crippen LogP contribution in [0.4, 0.5) is 0 Å². The zero-order chi connectivity index (χ0) is 110. The number of nitrogens with one attached hydrogen (secondary N) is 4. The number of H-pyrrole nitrogens is 3. The van der Waals surface area contributed by atoms with E-state index in [0.29, 0.717) is 56.4 Å². The molecule has 0 bridgehead atoms. The first-order chi connectivity index (χ1) is 64.4. The van der Waals surface area contributed by atoms with Gasteiger partial charge in [-0.15, -0.1) is 49.0 Å². The molecule has 0 saturated carbocycles. The van der Waals surface area contributed by atoms with E-state index in [1.54, 1.807) is 187 Å². The number of nitrogens with two attached hydrogens (primary N) is 1. The van der Waals surface area contributed by atoms with Crippen LogP contribution in [0.2, 0.25) is 0 Å². The molecule has 0 atom stereocenters. The summed E-state index contributed by atoms with van der Waals surface area (Å²) >= 11 is 18.5. The molecule has 0 spiro atoms. The summed E-state index contributed by atoms with van der Waals surface area (Å²) in [6, 6.07) is 12.5. The number of carbonyl (C=O) groups is 3. The van der Waals surface area contributed by atoms with Gasteiger partial charge < -0.3 is 44.3 Å². The van der Waals surface area contributed by atoms with Crippen LogP contribution in [0.15, 0.2) is 156 Å². The van der Waals surface area contributed by atoms with Crippen molar-refractivity contribution >= 4 is 174 Å². The maximum Gasteiger partial charge on any atom is 0.299 e. The molecule has 0 radical (unpaired) electrons. The molecule has 0 aliphatic carbocycles. The van der Waals surface area contributed by atoms with Gasteiger partial charge in [0.25, 0.3) is 18.9 Å². The van der Waals surface area contributed by atoms with Crippen molar-refractivity contribution in [3.05, 3.63) is 116 Å². The first-order valence-corrected chi connectivity index (χ1v) is 55.8. The Morgan fingerprint density at radius 1 is 0.549 bits per heavy atom. The molecule has 47 heteroatoms. The smallest absolute Gasteiger partial charge is 0.299 e. The highest BCUT2D eigenvalue weighted by atomic mass is 32.2. The van der Waals surface area contributed by atoms with E-state index in [9.17, 15) is 22.8 Å². The van der Waals surface area contributed by atoms with Gasteiger partial charge in [0.1, 0.15) is 32.5 Å². The second kappa shape index (κ2) is 60.7. The molecule has 142 heavy (non-hydrogen) atoms. The number of aryl methyl sites for hydroxylation is 5. The third kappa shape index (κ3) is 67.3. The number of ether oxygens (including phenoxy) is 2. The van der Waals surface area contributed by atoms with Crippen LogP contribution < -0.4 is 24.3 Å². The van der Waals surface area contributed by atoms with Gasteiger partial charge in [-0.2, -0.15) is 14.8 Å². The number of imidazole rings is 4. The SMILES string of the molecule is CC(C)(C)S(C)(=O)=O.CC(C)(C)SC(=N)N.CC(C)(C)Sc1nc2nc(CO)ncc2[nH]1.CC(C)(C)Sc1ncc[nH]1.CC(C)(C)Sc1nn[nH]n1.CN(C)C(=O)c1cnccc1SC(C)(C)C.C[n+]1ccc(SC(C)(C)C)cc1.C[n+]1ccccc1SC(C)(C)C.Cn1c(OC=O)cnc1SC(C)(C)C.Cn1cc(OC=O)nc1SC(C)(C)C.Cn1cnnc1SC(C)(C)C.Cn1nnnc1SC(C)(C)C. The van der Waals surface area contributed by atoms with Crippen LogP contribution in [0.25, 0.3) is 11.2 Å². The summed E-state index contributed by atoms with van der Waals surface area (Å²) in [5.41, 5.74) is 7.20. The highest BCUT2D eigenvalue weighted by molar-refractivity contribution is 8.14. The second-order valence-electron chi connectivity index (χ2n) is 43.0. The van der Waals surface area contributed by atoms with Gasteiger partial charge in [-0.05, 0) is 48.5 Å². The van der Waals surface area contributed by atoms with Crippen LogP contribution in [0.5, 0.6) is 11.8 Å². The number of sulfone groups is 1. The first-order valence-electron chi connectivity index (χ1n) is 45.0. The number of rotatable bonds is 16. The molecule has 0 unspecified atom stereocenters. The van der Waals surface area contributed by atoms with Gasteiger partial charge in [0, 0.05) is 160 Å². The highest BCUT2D eigenvalue weighted by Crippen LogP contribution is 2.39. The predicted octanol–water partition coefficient (Wildman–Crippen LogP) is 21.3. The van der Waals surface area contributed by atoms with Crippen molar-refractivity contribution in [3.8, 4) is 11.8 Å². The number of pyridine rings is 3. The number of hydrogen-bond acceptors (Lipinski definition) is 35. The van der Waals surface area contributed by atoms with Crippen molar-refractivity contribution in [1.29, 1.82) is 5.41 Å². The number of carbonyl (C=O) groups excluding carboxylic acids is 3. The van der Waals surface area contributed by atoms with Crippen LogP contribution in [-0.4, -0.2) is 229 Å². The van der Waals surface area contributed by atoms with E-state index in [1.165, 1.54) is 27.9 Å². The quantitative estimate of drug-likeness (QED) is 0.0172. The van der Waals surface area contributed by atoms with Gasteiger partial charge in [-0.3, -0.25) is 29.3 Å². The number of tetrazole rings is 2. The molecule has 11 heterocycles. The maximum atomic E-state index is 11.9. The number of aliphatic hydroxyl groups is 1. The summed E-state index contributed by atoms with van der Waals surface area (Å²) in [5, 5.41) is 55.8. The standard InChI is InChI=1S/C12H18N2OS.C10H14N4OS.2C10H16NS.2C9H14N2O2S.C7H13N3S.C7H12N2S.C6H12N4S.C5H10N4S.C5H12N2S.C5H12O2S/c1-12(2,3)16-10-6-7-13-8-9(10)11(15)14(4)5;1-10(2,3)16-9-12-6-4-11-7(5-15)13-8(6)14-9;1-10(2,3)12-9-5-7-11(4)8-6-9;1-10(2,3)12-9-7-5-6-8-11(9)4;1-9(2,3)14-8-10-7(13-6-12)5-11(8)4;1-9(2,3)14-8-10-5-7(11(8)4)13-6-12;1-7(2,3)11-6-9-8-5-10(6)4;1-7(2,3)10-6-8-4-5-9-6;1-6(2,3)11-5-7-8-9-10(5)4;1-5(2,3)10-4-6-8-9-7-4;1-5(2,3)8-4(6)7;1-5(2,3)8(4,6)7/h6-8H,1-5H3;4,15H,5H2,1-3H3,(H,11,12,13,14);2*5-8H,1-4H3;2*5-6H,1-4H3;5H,1-4H3;4-5H,1-3H3,(H,8,9);1-4H3;1-3H3,(H,6,7,8,9);1-3H3,(H3,6,7);1-4H3/q;;2*+1;;;;;;;;. The molecule has 0 aromatic carbocycles. The van der Waals surface area contributed by atoms with Crippen molar-refractivity contribution in [2.45, 2.75) is 364 Å². The zero-order valence-electron chi connectivity index (χ0n) is 92.3. The van der Waals surface area contributed by atoms with Crippen LogP contribution in [-0.2, 0) is 68.3 Å². The summed E-state index contributed by atoms with van der Waals surface area (Å²) < 4.78 is 43.3. The van der Waals surface area contributed by atoms with Gasteiger partial charge >= 0.3 is 0 Å². The largest absolute Gasteiger partial charge is 0.410 e. The summed E-state index contributed by atoms with van der Waals surface area (Å²) in [6.45, 7) is 76.2. The van der Waals surface area contributed by atoms with Crippen LogP contribution >= 0.6 is 129 Å². The normalized spacial score (nSPS) is 11.8. The lowest BCUT2D eigenvalue weighted by Gasteiger charge is -2.20. The Kier molecular flexibility index (Phi) is 57.6. The van der Waals surface area contributed by atoms with Crippen molar-refractivity contribution < 1.29 is 46.5 Å². The van der Waals surface area contributed by atoms with Gasteiger partial charge in [-0.1, -0.05) is 334 Å². The van der Waals surface area contributed by atoms with E-state index in [4.69, 9.17) is 21.0 Å². The fourth-order valence-corrected chi connectivity index (χ4v) is 18.1. The maximum absolute atomic E-state index is 11.9. The van der Waals surface area contributed by atoms with Crippen molar-refractivity contribution in [2.75, 3.05) is 20.4 Å². The lowest BCUT2D eigenvalue weighted by atomic mass is 10.2. The van der Waals surface area contributed by atoms with Crippen molar-refractivity contribution in [2.24, 2.45) is 48.0 Å². The molecule has 1 amide bonds. The number of amidine groups is 1. The summed E-state index contributed by atoms with van der Waals surface area (Å²) in [6.07, 6.45) is 21.0. The number of aliphatic hydroxyl groups excluding tert-OH is 1. The minimum absolute atomic E-state index is 0.000139. The van der Waals surface area contributed by atoms with Gasteiger partial charge in [0.2, 0.25) is 27.1 Å². The Hall–Kier alpha value is -7.45. The predicted molar refractivity (Wildman–Crippen MR) is 597 cm³/mol. The van der Waals surface area contributed by atoms with Crippen molar-refractivity contribution in [1.82, 2.24) is 114 Å². The molecule has 0 fully saturated rings. The Morgan fingerprint density at radius 2 is 1.06 bits per heavy atom. The number of thioether (sulfide) groups is 11. The molecule has 11 rings (SSSR count). The van der Waals surface area contributed by atoms with Gasteiger partial charge in [0.05, 0.1) is 28.9 Å². The van der Waals surface area contributed by atoms with Gasteiger partial charge in [-0.25, -0.2) is 42.6 Å². The number of aromatic nitrogens is 24. The van der Waals surface area contributed by atoms with E-state index in [1.807, 2.05) is 112 Å². The fraction of sp³-hybridized carbons (Fsp3) is 0.611. The molecule has 0 aliphatic rings. The van der Waals surface area contributed by atoms with Crippen LogP contribution in [0.3, 0.4) is 0 Å². The molecule has 11 aromatic rings. The average molecular weight is 2200 g/mol. The molecule has 35 nitrogen and oxygen atoms in total. The van der Waals surface area contributed by atoms with Crippen LogP contribution in [0.1, 0.15) is 265 Å². The molecular weight excluding hydrogens is 2030 g/mol. The molecule has 0 saturated heterocycles. The van der Waals surface area contributed by atoms with E-state index in [0.717, 1.165) is 41.4 Å². The van der Waals surface area contributed by atoms with Crippen LogP contribution in [0, 0.1) is 5.41 Å². The minimum atomic E-state index is -2.84. The van der Waals surface area contributed by atoms with Gasteiger partial charge in [0.15, 0.2) is 70.8 Å². The number of fused-ring (bicyclic) bond motifs is 1. The fourth-order valence-electron chi connectivity index (χ4n) is 8.69. The molecule has 796 valence electrons. The monoisotopic (exact) mass is 2190 g/mol. The van der Waals surface area contributed by atoms with E-state index in [-0.39, 0.29) is 60.4 Å². The number of nitrogens with zero attached hydrogens (tertiary/aromatic N) is 22. The summed E-state index contributed by atoms with van der Waals surface area (Å²) in [5.74, 6) is 1.20. The number of hydrogen-bond donors (Lipinski definition) is 6. The van der Waals surface area contributed by atoms with E-state index >= 15 is 0 Å². The first kappa shape index (κ1) is 135. The second-order valence-corrected chi connectivity index (χ2v) is 65.8. The molecule has 0 aliphatic heterocycles. The Balaban J connectivity index is 0.00000154. The lowest BCUT2D eigenvalue weighted by molar-refractivity contribution is -0.708. The zero-order valence-corrected chi connectivity index (χ0v) is 102. The third-order valence-corrected chi connectivity index (χ3v) is 28.7. The Bertz CT molecular complexity index is 5460. The highest BCUT2D eigenvalue weighted by Gasteiger charge is 2.27.